The number of para-hydroxylation sites is 1. The van der Waals surface area contributed by atoms with E-state index in [0.717, 1.165) is 29.3 Å². The zero-order chi connectivity index (χ0) is 20.4. The number of fused-ring (bicyclic) bond motifs is 1. The summed E-state index contributed by atoms with van der Waals surface area (Å²) in [6.07, 6.45) is 7.79. The second kappa shape index (κ2) is 8.11. The van der Waals surface area contributed by atoms with Crippen LogP contribution in [0.25, 0.3) is 10.9 Å². The Bertz CT molecular complexity index is 986. The molecule has 3 N–H and O–H groups in total. The van der Waals surface area contributed by atoms with E-state index < -0.39 is 6.04 Å². The first-order chi connectivity index (χ1) is 14.0. The molecule has 29 heavy (non-hydrogen) atoms. The number of hydrogen-bond donors (Lipinski definition) is 3. The fourth-order valence-electron chi connectivity index (χ4n) is 3.79. The van der Waals surface area contributed by atoms with Crippen LogP contribution in [0, 0.1) is 5.92 Å². The van der Waals surface area contributed by atoms with E-state index in [4.69, 9.17) is 0 Å². The molecule has 1 aromatic carbocycles. The predicted octanol–water partition coefficient (Wildman–Crippen LogP) is 2.57. The standard InChI is InChI=1S/C22H27N5O2/c1-14(2)21(28)26-20(10-15-13-23-19-7-4-3-6-18(15)19)22(29)25-16-11-17(12-16)27-9-5-8-24-27/h3-9,13-14,16-17,20,23H,10-12H2,1-2H3,(H,25,29)(H,26,28). The molecule has 0 saturated heterocycles. The molecule has 0 aliphatic heterocycles. The number of hydrogen-bond acceptors (Lipinski definition) is 3. The molecule has 0 spiro atoms. The van der Waals surface area contributed by atoms with Crippen LogP contribution in [0.3, 0.4) is 0 Å². The largest absolute Gasteiger partial charge is 0.361 e. The second-order valence-electron chi connectivity index (χ2n) is 8.10. The zero-order valence-corrected chi connectivity index (χ0v) is 16.8. The third kappa shape index (κ3) is 4.18. The first-order valence-electron chi connectivity index (χ1n) is 10.2. The fraction of sp³-hybridized carbons (Fsp3) is 0.409. The monoisotopic (exact) mass is 393 g/mol. The number of rotatable bonds is 7. The lowest BCUT2D eigenvalue weighted by Crippen LogP contribution is -2.54. The lowest BCUT2D eigenvalue weighted by atomic mass is 9.86. The number of aromatic amines is 1. The van der Waals surface area contributed by atoms with Gasteiger partial charge in [-0.15, -0.1) is 0 Å². The summed E-state index contributed by atoms with van der Waals surface area (Å²) in [6.45, 7) is 3.66. The molecule has 3 aromatic rings. The van der Waals surface area contributed by atoms with Crippen LogP contribution in [0.4, 0.5) is 0 Å². The number of carbonyl (C=O) groups excluding carboxylic acids is 2. The van der Waals surface area contributed by atoms with Crippen molar-refractivity contribution in [3.8, 4) is 0 Å². The van der Waals surface area contributed by atoms with Crippen LogP contribution in [0.5, 0.6) is 0 Å². The summed E-state index contributed by atoms with van der Waals surface area (Å²) in [7, 11) is 0. The molecule has 152 valence electrons. The van der Waals surface area contributed by atoms with Gasteiger partial charge in [-0.2, -0.15) is 5.10 Å². The van der Waals surface area contributed by atoms with E-state index in [1.165, 1.54) is 0 Å². The van der Waals surface area contributed by atoms with Crippen molar-refractivity contribution in [3.63, 3.8) is 0 Å². The first-order valence-corrected chi connectivity index (χ1v) is 10.2. The molecule has 0 bridgehead atoms. The third-order valence-electron chi connectivity index (χ3n) is 5.61. The number of carbonyl (C=O) groups is 2. The van der Waals surface area contributed by atoms with Crippen LogP contribution >= 0.6 is 0 Å². The number of nitrogens with one attached hydrogen (secondary N) is 3. The summed E-state index contributed by atoms with van der Waals surface area (Å²) in [5.74, 6) is -0.428. The van der Waals surface area contributed by atoms with Gasteiger partial charge < -0.3 is 15.6 Å². The highest BCUT2D eigenvalue weighted by Gasteiger charge is 2.34. The Hall–Kier alpha value is -3.09. The molecule has 4 rings (SSSR count). The Balaban J connectivity index is 1.43. The van der Waals surface area contributed by atoms with Crippen molar-refractivity contribution in [3.05, 3.63) is 54.5 Å². The van der Waals surface area contributed by atoms with Crippen molar-refractivity contribution >= 4 is 22.7 Å². The van der Waals surface area contributed by atoms with Gasteiger partial charge >= 0.3 is 0 Å². The number of amides is 2. The second-order valence-corrected chi connectivity index (χ2v) is 8.10. The summed E-state index contributed by atoms with van der Waals surface area (Å²) in [5.41, 5.74) is 2.05. The van der Waals surface area contributed by atoms with Gasteiger partial charge in [-0.25, -0.2) is 0 Å². The van der Waals surface area contributed by atoms with Gasteiger partial charge in [-0.3, -0.25) is 14.3 Å². The number of aromatic nitrogens is 3. The van der Waals surface area contributed by atoms with Crippen molar-refractivity contribution < 1.29 is 9.59 Å². The molecular formula is C22H27N5O2. The summed E-state index contributed by atoms with van der Waals surface area (Å²) in [4.78, 5) is 28.6. The van der Waals surface area contributed by atoms with E-state index >= 15 is 0 Å². The fourth-order valence-corrected chi connectivity index (χ4v) is 3.79. The van der Waals surface area contributed by atoms with Crippen LogP contribution in [-0.2, 0) is 16.0 Å². The molecular weight excluding hydrogens is 366 g/mol. The maximum atomic E-state index is 13.0. The quantitative estimate of drug-likeness (QED) is 0.576. The van der Waals surface area contributed by atoms with E-state index in [2.05, 4.69) is 20.7 Å². The Kier molecular flexibility index (Phi) is 5.38. The van der Waals surface area contributed by atoms with Gasteiger partial charge in [0.05, 0.1) is 6.04 Å². The maximum absolute atomic E-state index is 13.0. The van der Waals surface area contributed by atoms with E-state index in [0.29, 0.717) is 12.5 Å². The summed E-state index contributed by atoms with van der Waals surface area (Å²) >= 11 is 0. The Labute approximate surface area is 169 Å². The van der Waals surface area contributed by atoms with Crippen LogP contribution < -0.4 is 10.6 Å². The smallest absolute Gasteiger partial charge is 0.243 e. The van der Waals surface area contributed by atoms with Gasteiger partial charge in [0, 0.05) is 47.9 Å². The number of benzene rings is 1. The van der Waals surface area contributed by atoms with Crippen molar-refractivity contribution in [1.82, 2.24) is 25.4 Å². The van der Waals surface area contributed by atoms with Crippen molar-refractivity contribution in [1.29, 1.82) is 0 Å². The minimum Gasteiger partial charge on any atom is -0.361 e. The molecule has 1 unspecified atom stereocenters. The Morgan fingerprint density at radius 1 is 1.21 bits per heavy atom. The van der Waals surface area contributed by atoms with Gasteiger partial charge in [0.1, 0.15) is 6.04 Å². The normalized spacial score (nSPS) is 19.7. The predicted molar refractivity (Wildman–Crippen MR) is 111 cm³/mol. The van der Waals surface area contributed by atoms with Crippen LogP contribution in [0.15, 0.2) is 48.9 Å². The van der Waals surface area contributed by atoms with Gasteiger partial charge in [0.2, 0.25) is 11.8 Å². The molecule has 1 aliphatic carbocycles. The van der Waals surface area contributed by atoms with Crippen LogP contribution in [0.1, 0.15) is 38.3 Å². The van der Waals surface area contributed by atoms with E-state index in [1.54, 1.807) is 6.20 Å². The highest BCUT2D eigenvalue weighted by atomic mass is 16.2. The SMILES string of the molecule is CC(C)C(=O)NC(Cc1c[nH]c2ccccc12)C(=O)NC1CC(n2cccn2)C1. The Morgan fingerprint density at radius 2 is 2.00 bits per heavy atom. The minimum atomic E-state index is -0.604. The van der Waals surface area contributed by atoms with Crippen LogP contribution in [-0.4, -0.2) is 38.7 Å². The molecule has 0 radical (unpaired) electrons. The molecule has 2 heterocycles. The zero-order valence-electron chi connectivity index (χ0n) is 16.8. The molecule has 1 aliphatic rings. The van der Waals surface area contributed by atoms with Crippen molar-refractivity contribution in [2.75, 3.05) is 0 Å². The first kappa shape index (κ1) is 19.2. The highest BCUT2D eigenvalue weighted by Crippen LogP contribution is 2.31. The van der Waals surface area contributed by atoms with E-state index in [1.807, 2.05) is 61.3 Å². The Morgan fingerprint density at radius 3 is 2.72 bits per heavy atom. The highest BCUT2D eigenvalue weighted by molar-refractivity contribution is 5.90. The van der Waals surface area contributed by atoms with E-state index in [9.17, 15) is 9.59 Å². The molecule has 1 fully saturated rings. The molecule has 2 amide bonds. The number of H-pyrrole nitrogens is 1. The van der Waals surface area contributed by atoms with Crippen molar-refractivity contribution in [2.24, 2.45) is 5.92 Å². The summed E-state index contributed by atoms with van der Waals surface area (Å²) in [5, 5.41) is 11.4. The van der Waals surface area contributed by atoms with Crippen molar-refractivity contribution in [2.45, 2.75) is 51.2 Å². The number of nitrogens with zero attached hydrogens (tertiary/aromatic N) is 2. The summed E-state index contributed by atoms with van der Waals surface area (Å²) < 4.78 is 1.94. The molecule has 2 aromatic heterocycles. The molecule has 7 heteroatoms. The molecule has 1 atom stereocenters. The average molecular weight is 393 g/mol. The third-order valence-corrected chi connectivity index (χ3v) is 5.61. The van der Waals surface area contributed by atoms with Gasteiger partial charge in [-0.05, 0) is 30.5 Å². The van der Waals surface area contributed by atoms with Gasteiger partial charge in [0.25, 0.3) is 0 Å². The molecule has 1 saturated carbocycles. The minimum absolute atomic E-state index is 0.109. The maximum Gasteiger partial charge on any atom is 0.243 e. The topological polar surface area (TPSA) is 91.8 Å². The average Bonchev–Trinajstić information content (AvgIpc) is 3.33. The van der Waals surface area contributed by atoms with Gasteiger partial charge in [-0.1, -0.05) is 32.0 Å². The summed E-state index contributed by atoms with van der Waals surface area (Å²) in [6, 6.07) is 9.72. The van der Waals surface area contributed by atoms with E-state index in [-0.39, 0.29) is 23.8 Å². The van der Waals surface area contributed by atoms with Gasteiger partial charge in [0.15, 0.2) is 0 Å². The lowest BCUT2D eigenvalue weighted by Gasteiger charge is -2.36. The lowest BCUT2D eigenvalue weighted by molar-refractivity contribution is -0.131. The van der Waals surface area contributed by atoms with Crippen LogP contribution in [0.2, 0.25) is 0 Å². The molecule has 7 nitrogen and oxygen atoms in total.